The number of hydrogen-bond donors (Lipinski definition) is 0. The van der Waals surface area contributed by atoms with E-state index in [0.29, 0.717) is 19.3 Å². The molecule has 0 aliphatic heterocycles. The maximum Gasteiger partial charge on any atom is 0.306 e. The fourth-order valence-corrected chi connectivity index (χ4v) is 8.79. The largest absolute Gasteiger partial charge is 0.462 e. The van der Waals surface area contributed by atoms with Crippen molar-refractivity contribution in [1.82, 2.24) is 0 Å². The second kappa shape index (κ2) is 62.9. The standard InChI is InChI=1S/C69H118O6/c1-4-7-10-13-16-19-22-25-28-30-31-32-33-34-35-36-37-39-41-44-47-50-53-56-59-62-68(71)74-65-66(64-73-67(70)61-58-55-52-49-46-43-40-27-24-21-18-15-12-9-6-3)75-69(72)63-60-57-54-51-48-45-42-38-29-26-23-20-17-14-11-8-5-2/h8,11,17,20,22,25-27,29-31,33-34,40,42,45,66H,4-7,9-10,12-16,18-19,21,23-24,28,32,35-39,41,43-44,46-65H2,1-3H3/b11-8-,20-17-,25-22-,29-26-,31-30-,34-33-,40-27-,45-42-. The van der Waals surface area contributed by atoms with Gasteiger partial charge in [-0.1, -0.05) is 259 Å². The maximum absolute atomic E-state index is 12.9. The number of carbonyl (C=O) groups excluding carboxylic acids is 3. The lowest BCUT2D eigenvalue weighted by atomic mass is 10.1. The van der Waals surface area contributed by atoms with Crippen molar-refractivity contribution in [2.75, 3.05) is 13.2 Å². The van der Waals surface area contributed by atoms with E-state index in [1.165, 1.54) is 148 Å². The van der Waals surface area contributed by atoms with Gasteiger partial charge in [-0.25, -0.2) is 0 Å². The fourth-order valence-electron chi connectivity index (χ4n) is 8.79. The molecule has 0 aromatic heterocycles. The molecule has 0 amide bonds. The zero-order chi connectivity index (χ0) is 54.3. The Morgan fingerprint density at radius 3 is 0.827 bits per heavy atom. The Hall–Kier alpha value is -3.67. The molecule has 0 aromatic carbocycles. The Labute approximate surface area is 464 Å². The van der Waals surface area contributed by atoms with E-state index in [0.717, 1.165) is 116 Å². The molecular formula is C69H118O6. The zero-order valence-electron chi connectivity index (χ0n) is 49.3. The summed E-state index contributed by atoms with van der Waals surface area (Å²) < 4.78 is 16.9. The van der Waals surface area contributed by atoms with Crippen molar-refractivity contribution in [2.45, 2.75) is 309 Å². The lowest BCUT2D eigenvalue weighted by molar-refractivity contribution is -0.167. The van der Waals surface area contributed by atoms with Crippen molar-refractivity contribution in [3.63, 3.8) is 0 Å². The van der Waals surface area contributed by atoms with E-state index >= 15 is 0 Å². The normalized spacial score (nSPS) is 12.7. The summed E-state index contributed by atoms with van der Waals surface area (Å²) in [7, 11) is 0. The van der Waals surface area contributed by atoms with E-state index in [-0.39, 0.29) is 31.1 Å². The minimum atomic E-state index is -0.798. The fraction of sp³-hybridized carbons (Fsp3) is 0.725. The van der Waals surface area contributed by atoms with Gasteiger partial charge in [-0.3, -0.25) is 14.4 Å². The number of carbonyl (C=O) groups is 3. The van der Waals surface area contributed by atoms with Crippen LogP contribution in [0.1, 0.15) is 303 Å². The summed E-state index contributed by atoms with van der Waals surface area (Å²) in [5.41, 5.74) is 0. The van der Waals surface area contributed by atoms with E-state index in [9.17, 15) is 14.4 Å². The van der Waals surface area contributed by atoms with E-state index in [2.05, 4.69) is 118 Å². The van der Waals surface area contributed by atoms with Gasteiger partial charge in [-0.05, 0) is 122 Å². The van der Waals surface area contributed by atoms with Gasteiger partial charge in [0.25, 0.3) is 0 Å². The van der Waals surface area contributed by atoms with Crippen LogP contribution in [-0.4, -0.2) is 37.2 Å². The van der Waals surface area contributed by atoms with Crippen LogP contribution in [0.5, 0.6) is 0 Å². The van der Waals surface area contributed by atoms with Gasteiger partial charge >= 0.3 is 17.9 Å². The first-order valence-corrected chi connectivity index (χ1v) is 31.7. The first kappa shape index (κ1) is 71.3. The van der Waals surface area contributed by atoms with Gasteiger partial charge in [0.1, 0.15) is 13.2 Å². The number of allylic oxidation sites excluding steroid dienone is 16. The molecule has 0 rings (SSSR count). The van der Waals surface area contributed by atoms with E-state index in [1.807, 2.05) is 0 Å². The summed E-state index contributed by atoms with van der Waals surface area (Å²) >= 11 is 0. The first-order chi connectivity index (χ1) is 37.0. The molecule has 0 bridgehead atoms. The minimum Gasteiger partial charge on any atom is -0.462 e. The summed E-state index contributed by atoms with van der Waals surface area (Å²) in [6.45, 7) is 6.50. The molecule has 0 heterocycles. The van der Waals surface area contributed by atoms with Crippen molar-refractivity contribution in [3.05, 3.63) is 97.2 Å². The Kier molecular flexibility index (Phi) is 59.8. The first-order valence-electron chi connectivity index (χ1n) is 31.7. The van der Waals surface area contributed by atoms with E-state index in [4.69, 9.17) is 14.2 Å². The number of ether oxygens (including phenoxy) is 3. The number of hydrogen-bond acceptors (Lipinski definition) is 6. The Morgan fingerprint density at radius 2 is 0.520 bits per heavy atom. The van der Waals surface area contributed by atoms with Crippen molar-refractivity contribution < 1.29 is 28.6 Å². The second-order valence-electron chi connectivity index (χ2n) is 20.9. The van der Waals surface area contributed by atoms with Crippen LogP contribution >= 0.6 is 0 Å². The van der Waals surface area contributed by atoms with Crippen LogP contribution in [0.4, 0.5) is 0 Å². The van der Waals surface area contributed by atoms with Crippen LogP contribution in [0.15, 0.2) is 97.2 Å². The molecule has 0 aliphatic carbocycles. The van der Waals surface area contributed by atoms with Crippen LogP contribution in [-0.2, 0) is 28.6 Å². The van der Waals surface area contributed by atoms with Gasteiger partial charge in [-0.2, -0.15) is 0 Å². The Morgan fingerprint density at radius 1 is 0.280 bits per heavy atom. The highest BCUT2D eigenvalue weighted by molar-refractivity contribution is 5.71. The topological polar surface area (TPSA) is 78.9 Å². The average Bonchev–Trinajstić information content (AvgIpc) is 3.41. The van der Waals surface area contributed by atoms with E-state index in [1.54, 1.807) is 0 Å². The highest BCUT2D eigenvalue weighted by Gasteiger charge is 2.19. The van der Waals surface area contributed by atoms with Gasteiger partial charge in [0.05, 0.1) is 0 Å². The van der Waals surface area contributed by atoms with Crippen molar-refractivity contribution in [1.29, 1.82) is 0 Å². The van der Waals surface area contributed by atoms with Gasteiger partial charge < -0.3 is 14.2 Å². The number of esters is 3. The highest BCUT2D eigenvalue weighted by atomic mass is 16.6. The highest BCUT2D eigenvalue weighted by Crippen LogP contribution is 2.15. The number of unbranched alkanes of at least 4 members (excludes halogenated alkanes) is 30. The van der Waals surface area contributed by atoms with Gasteiger partial charge in [0.15, 0.2) is 6.10 Å². The third-order valence-electron chi connectivity index (χ3n) is 13.5. The monoisotopic (exact) mass is 1040 g/mol. The zero-order valence-corrected chi connectivity index (χ0v) is 49.3. The molecule has 6 nitrogen and oxygen atoms in total. The molecule has 0 spiro atoms. The molecule has 0 N–H and O–H groups in total. The molecule has 6 heteroatoms. The van der Waals surface area contributed by atoms with Crippen molar-refractivity contribution in [3.8, 4) is 0 Å². The lowest BCUT2D eigenvalue weighted by Crippen LogP contribution is -2.30. The molecule has 1 atom stereocenters. The molecular weight excluding hydrogens is 925 g/mol. The van der Waals surface area contributed by atoms with Crippen LogP contribution in [0, 0.1) is 0 Å². The third kappa shape index (κ3) is 61.1. The Bertz CT molecular complexity index is 1480. The van der Waals surface area contributed by atoms with Gasteiger partial charge in [-0.15, -0.1) is 0 Å². The molecule has 0 fully saturated rings. The molecule has 75 heavy (non-hydrogen) atoms. The number of rotatable bonds is 57. The summed E-state index contributed by atoms with van der Waals surface area (Å²) in [4.78, 5) is 38.3. The predicted molar refractivity (Wildman–Crippen MR) is 325 cm³/mol. The SMILES string of the molecule is CC/C=C\C/C=C\C/C=C\C/C=C\CCCCCCC(=O)OC(COC(=O)CCCCCCC/C=C\CCCCCCCC)COC(=O)CCCCCCCCCCCC/C=C\C/C=C\C/C=C\CCCCCCC. The summed E-state index contributed by atoms with van der Waals surface area (Å²) in [5, 5.41) is 0. The summed E-state index contributed by atoms with van der Waals surface area (Å²) in [6, 6.07) is 0. The Balaban J connectivity index is 4.38. The molecule has 0 radical (unpaired) electrons. The summed E-state index contributed by atoms with van der Waals surface area (Å²) in [6.07, 6.45) is 84.1. The molecule has 0 saturated heterocycles. The molecule has 430 valence electrons. The summed E-state index contributed by atoms with van der Waals surface area (Å²) in [5.74, 6) is -0.920. The van der Waals surface area contributed by atoms with Crippen LogP contribution in [0.2, 0.25) is 0 Å². The van der Waals surface area contributed by atoms with Gasteiger partial charge in [0, 0.05) is 19.3 Å². The van der Waals surface area contributed by atoms with Crippen LogP contribution in [0.3, 0.4) is 0 Å². The average molecular weight is 1040 g/mol. The van der Waals surface area contributed by atoms with Gasteiger partial charge in [0.2, 0.25) is 0 Å². The van der Waals surface area contributed by atoms with Crippen LogP contribution in [0.25, 0.3) is 0 Å². The van der Waals surface area contributed by atoms with E-state index < -0.39 is 6.10 Å². The van der Waals surface area contributed by atoms with Crippen LogP contribution < -0.4 is 0 Å². The maximum atomic E-state index is 12.9. The predicted octanol–water partition coefficient (Wildman–Crippen LogP) is 21.7. The lowest BCUT2D eigenvalue weighted by Gasteiger charge is -2.18. The second-order valence-corrected chi connectivity index (χ2v) is 20.9. The third-order valence-corrected chi connectivity index (χ3v) is 13.5. The van der Waals surface area contributed by atoms with Crippen molar-refractivity contribution >= 4 is 17.9 Å². The van der Waals surface area contributed by atoms with Crippen molar-refractivity contribution in [2.24, 2.45) is 0 Å². The molecule has 0 aliphatic rings. The molecule has 0 saturated carbocycles. The minimum absolute atomic E-state index is 0.0921. The quantitative estimate of drug-likeness (QED) is 0.0261. The molecule has 0 aromatic rings. The molecule has 1 unspecified atom stereocenters. The smallest absolute Gasteiger partial charge is 0.306 e.